The van der Waals surface area contributed by atoms with Crippen LogP contribution in [0.4, 0.5) is 10.7 Å². The highest BCUT2D eigenvalue weighted by Gasteiger charge is 2.51. The zero-order valence-corrected chi connectivity index (χ0v) is 23.9. The number of sulfonamides is 1. The van der Waals surface area contributed by atoms with E-state index in [0.29, 0.717) is 22.0 Å². The van der Waals surface area contributed by atoms with Crippen LogP contribution in [0.3, 0.4) is 0 Å². The molecule has 40 heavy (non-hydrogen) atoms. The second-order valence-electron chi connectivity index (χ2n) is 12.1. The van der Waals surface area contributed by atoms with Crippen molar-refractivity contribution in [2.75, 3.05) is 16.2 Å². The van der Waals surface area contributed by atoms with E-state index in [1.807, 2.05) is 24.3 Å². The molecule has 9 heteroatoms. The second-order valence-corrected chi connectivity index (χ2v) is 15.0. The minimum Gasteiger partial charge on any atom is -0.346 e. The van der Waals surface area contributed by atoms with Gasteiger partial charge in [0.2, 0.25) is 0 Å². The molecule has 8 rings (SSSR count). The third-order valence-corrected chi connectivity index (χ3v) is 12.1. The monoisotopic (exact) mass is 575 g/mol. The lowest BCUT2D eigenvalue weighted by molar-refractivity contribution is -0.0166. The van der Waals surface area contributed by atoms with Crippen LogP contribution in [-0.4, -0.2) is 32.3 Å². The average molecular weight is 576 g/mol. The number of anilines is 2. The van der Waals surface area contributed by atoms with Gasteiger partial charge in [0, 0.05) is 17.6 Å². The lowest BCUT2D eigenvalue weighted by Crippen LogP contribution is -2.59. The Morgan fingerprint density at radius 1 is 0.850 bits per heavy atom. The van der Waals surface area contributed by atoms with Crippen molar-refractivity contribution >= 4 is 43.9 Å². The molecule has 0 radical (unpaired) electrons. The molecule has 4 aliphatic carbocycles. The molecule has 1 aromatic heterocycles. The third-order valence-electron chi connectivity index (χ3n) is 9.26. The van der Waals surface area contributed by atoms with Crippen molar-refractivity contribution in [1.29, 1.82) is 0 Å². The van der Waals surface area contributed by atoms with Crippen LogP contribution >= 0.6 is 11.3 Å². The van der Waals surface area contributed by atoms with E-state index < -0.39 is 10.0 Å². The molecule has 208 valence electrons. The number of aryl methyl sites for hydroxylation is 1. The molecule has 0 spiro atoms. The number of fused-ring (bicyclic) bond motifs is 1. The van der Waals surface area contributed by atoms with Crippen LogP contribution in [0.1, 0.15) is 70.5 Å². The highest BCUT2D eigenvalue weighted by atomic mass is 32.2. The van der Waals surface area contributed by atoms with Gasteiger partial charge in [-0.3, -0.25) is 13.9 Å². The van der Waals surface area contributed by atoms with E-state index in [-0.39, 0.29) is 22.2 Å². The summed E-state index contributed by atoms with van der Waals surface area (Å²) in [5.41, 5.74) is 2.04. The topological polar surface area (TPSA) is 95.6 Å². The molecule has 4 bridgehead atoms. The van der Waals surface area contributed by atoms with Gasteiger partial charge >= 0.3 is 0 Å². The van der Waals surface area contributed by atoms with Crippen LogP contribution in [0.2, 0.25) is 0 Å². The maximum atomic E-state index is 13.4. The first-order valence-corrected chi connectivity index (χ1v) is 16.5. The van der Waals surface area contributed by atoms with Gasteiger partial charge in [0.1, 0.15) is 0 Å². The Kier molecular flexibility index (Phi) is 6.27. The van der Waals surface area contributed by atoms with Gasteiger partial charge in [-0.2, -0.15) is 0 Å². The Morgan fingerprint density at radius 3 is 2.23 bits per heavy atom. The predicted octanol–water partition coefficient (Wildman–Crippen LogP) is 5.84. The summed E-state index contributed by atoms with van der Waals surface area (Å²) in [6.07, 6.45) is 8.87. The first kappa shape index (κ1) is 25.8. The van der Waals surface area contributed by atoms with E-state index in [0.717, 1.165) is 61.1 Å². The normalized spacial score (nSPS) is 26.8. The number of benzene rings is 2. The van der Waals surface area contributed by atoms with E-state index in [4.69, 9.17) is 0 Å². The van der Waals surface area contributed by atoms with Crippen molar-refractivity contribution in [2.24, 2.45) is 17.8 Å². The lowest BCUT2D eigenvalue weighted by atomic mass is 9.53. The SMILES string of the molecule is O=C(Nc1ccc(C(=O)NC23CC4CC(CC(C4)C2)C3)s1)c1ccc(S(=O)(=O)N2CCCc3ccccc32)cc1. The van der Waals surface area contributed by atoms with E-state index in [9.17, 15) is 18.0 Å². The number of hydrogen-bond donors (Lipinski definition) is 2. The summed E-state index contributed by atoms with van der Waals surface area (Å²) in [4.78, 5) is 26.9. The number of carbonyl (C=O) groups is 2. The van der Waals surface area contributed by atoms with Gasteiger partial charge in [-0.1, -0.05) is 18.2 Å². The molecule has 2 N–H and O–H groups in total. The second kappa shape index (κ2) is 9.73. The van der Waals surface area contributed by atoms with Crippen LogP contribution in [-0.2, 0) is 16.4 Å². The minimum absolute atomic E-state index is 0.0544. The first-order chi connectivity index (χ1) is 19.3. The molecule has 2 aromatic carbocycles. The molecule has 2 amide bonds. The van der Waals surface area contributed by atoms with Crippen LogP contribution in [0.5, 0.6) is 0 Å². The zero-order chi connectivity index (χ0) is 27.5. The Hall–Kier alpha value is -3.17. The fourth-order valence-electron chi connectivity index (χ4n) is 7.93. The molecular formula is C31H33N3O4S2. The molecular weight excluding hydrogens is 542 g/mol. The first-order valence-electron chi connectivity index (χ1n) is 14.2. The molecule has 4 saturated carbocycles. The van der Waals surface area contributed by atoms with Gasteiger partial charge in [-0.05, 0) is 117 Å². The maximum Gasteiger partial charge on any atom is 0.264 e. The molecule has 0 saturated heterocycles. The van der Waals surface area contributed by atoms with Crippen molar-refractivity contribution in [3.8, 4) is 0 Å². The highest BCUT2D eigenvalue weighted by Crippen LogP contribution is 2.55. The van der Waals surface area contributed by atoms with E-state index in [1.165, 1.54) is 59.2 Å². The smallest absolute Gasteiger partial charge is 0.264 e. The highest BCUT2D eigenvalue weighted by molar-refractivity contribution is 7.92. The number of rotatable bonds is 6. The Morgan fingerprint density at radius 2 is 1.52 bits per heavy atom. The zero-order valence-electron chi connectivity index (χ0n) is 22.3. The standard InChI is InChI=1S/C31H33N3O4S2/c35-29(24-7-9-25(10-8-24)40(37,38)34-13-3-5-23-4-1-2-6-26(23)34)32-28-12-11-27(39-28)30(36)33-31-17-20-14-21(18-31)16-22(15-20)19-31/h1-2,4,6-12,20-22H,3,5,13-19H2,(H,32,35)(H,33,36). The molecule has 2 heterocycles. The van der Waals surface area contributed by atoms with Crippen molar-refractivity contribution < 1.29 is 18.0 Å². The molecule has 3 aromatic rings. The Bertz CT molecular complexity index is 1540. The molecule has 7 nitrogen and oxygen atoms in total. The van der Waals surface area contributed by atoms with Gasteiger partial charge in [0.25, 0.3) is 21.8 Å². The van der Waals surface area contributed by atoms with Crippen molar-refractivity contribution in [1.82, 2.24) is 5.32 Å². The lowest BCUT2D eigenvalue weighted by Gasteiger charge is -2.56. The van der Waals surface area contributed by atoms with Gasteiger partial charge in [-0.15, -0.1) is 11.3 Å². The number of hydrogen-bond acceptors (Lipinski definition) is 5. The van der Waals surface area contributed by atoms with Crippen molar-refractivity contribution in [3.63, 3.8) is 0 Å². The number of thiophene rings is 1. The van der Waals surface area contributed by atoms with Crippen LogP contribution in [0, 0.1) is 17.8 Å². The van der Waals surface area contributed by atoms with Crippen LogP contribution in [0.15, 0.2) is 65.6 Å². The summed E-state index contributed by atoms with van der Waals surface area (Å²) < 4.78 is 28.3. The molecule has 0 unspecified atom stereocenters. The number of amides is 2. The predicted molar refractivity (Wildman–Crippen MR) is 156 cm³/mol. The summed E-state index contributed by atoms with van der Waals surface area (Å²) in [7, 11) is -3.74. The average Bonchev–Trinajstić information content (AvgIpc) is 3.40. The minimum atomic E-state index is -3.74. The third kappa shape index (κ3) is 4.63. The van der Waals surface area contributed by atoms with Gasteiger partial charge < -0.3 is 10.6 Å². The van der Waals surface area contributed by atoms with Gasteiger partial charge in [-0.25, -0.2) is 8.42 Å². The van der Waals surface area contributed by atoms with Crippen molar-refractivity contribution in [3.05, 3.63) is 76.7 Å². The van der Waals surface area contributed by atoms with Gasteiger partial charge in [0.15, 0.2) is 0 Å². The van der Waals surface area contributed by atoms with E-state index in [1.54, 1.807) is 12.1 Å². The van der Waals surface area contributed by atoms with Crippen LogP contribution < -0.4 is 14.9 Å². The van der Waals surface area contributed by atoms with Crippen LogP contribution in [0.25, 0.3) is 0 Å². The summed E-state index contributed by atoms with van der Waals surface area (Å²) in [5.74, 6) is 1.86. The van der Waals surface area contributed by atoms with E-state index >= 15 is 0 Å². The molecule has 5 aliphatic rings. The summed E-state index contributed by atoms with van der Waals surface area (Å²) >= 11 is 1.27. The number of para-hydroxylation sites is 1. The fourth-order valence-corrected chi connectivity index (χ4v) is 10.3. The largest absolute Gasteiger partial charge is 0.346 e. The van der Waals surface area contributed by atoms with Crippen molar-refractivity contribution in [2.45, 2.75) is 61.8 Å². The Labute approximate surface area is 239 Å². The molecule has 1 aliphatic heterocycles. The summed E-state index contributed by atoms with van der Waals surface area (Å²) in [5, 5.41) is 6.84. The van der Waals surface area contributed by atoms with E-state index in [2.05, 4.69) is 10.6 Å². The summed E-state index contributed by atoms with van der Waals surface area (Å²) in [6, 6.07) is 17.1. The van der Waals surface area contributed by atoms with Gasteiger partial charge in [0.05, 0.1) is 20.5 Å². The quantitative estimate of drug-likeness (QED) is 0.386. The number of carbonyl (C=O) groups excluding carboxylic acids is 2. The summed E-state index contributed by atoms with van der Waals surface area (Å²) in [6.45, 7) is 0.429. The Balaban J connectivity index is 1.01. The number of nitrogens with one attached hydrogen (secondary N) is 2. The molecule has 0 atom stereocenters. The maximum absolute atomic E-state index is 13.4. The number of nitrogens with zero attached hydrogens (tertiary/aromatic N) is 1. The molecule has 4 fully saturated rings. The fraction of sp³-hybridized carbons (Fsp3) is 0.419.